The molecule has 3 heteroatoms. The van der Waals surface area contributed by atoms with Crippen LogP contribution < -0.4 is 5.11 Å². The molecule has 4 atom stereocenters. The molecule has 1 aliphatic carbocycles. The summed E-state index contributed by atoms with van der Waals surface area (Å²) in [6.45, 7) is 6.24. The molecular weight excluding hydrogens is 252 g/mol. The van der Waals surface area contributed by atoms with Crippen LogP contribution in [0.15, 0.2) is 18.2 Å². The smallest absolute Gasteiger partial charge is 0.154 e. The summed E-state index contributed by atoms with van der Waals surface area (Å²) in [7, 11) is 0. The Kier molecular flexibility index (Phi) is 3.61. The molecule has 0 N–H and O–H groups in total. The lowest BCUT2D eigenvalue weighted by molar-refractivity contribution is -0.509. The minimum atomic E-state index is -0.439. The summed E-state index contributed by atoms with van der Waals surface area (Å²) >= 11 is 0. The Morgan fingerprint density at radius 2 is 2.10 bits per heavy atom. The normalized spacial score (nSPS) is 36.3. The highest BCUT2D eigenvalue weighted by molar-refractivity contribution is 5.38. The third kappa shape index (κ3) is 2.18. The van der Waals surface area contributed by atoms with Crippen LogP contribution in [0.4, 0.5) is 0 Å². The molecule has 0 amide bonds. The maximum atomic E-state index is 12.2. The Morgan fingerprint density at radius 3 is 2.70 bits per heavy atom. The molecule has 0 saturated carbocycles. The van der Waals surface area contributed by atoms with Crippen molar-refractivity contribution >= 4 is 0 Å². The van der Waals surface area contributed by atoms with Crippen LogP contribution in [0.5, 0.6) is 0 Å². The lowest BCUT2D eigenvalue weighted by Crippen LogP contribution is -2.49. The van der Waals surface area contributed by atoms with Crippen molar-refractivity contribution in [3.8, 4) is 0 Å². The van der Waals surface area contributed by atoms with Gasteiger partial charge in [-0.05, 0) is 49.3 Å². The van der Waals surface area contributed by atoms with E-state index in [1.54, 1.807) is 0 Å². The van der Waals surface area contributed by atoms with Crippen molar-refractivity contribution in [2.45, 2.75) is 64.3 Å². The fourth-order valence-corrected chi connectivity index (χ4v) is 3.35. The summed E-state index contributed by atoms with van der Waals surface area (Å²) in [5, 5.41) is 12.2. The molecular formula is C17H23O3-. The summed E-state index contributed by atoms with van der Waals surface area (Å²) in [5.41, 5.74) is 3.37. The van der Waals surface area contributed by atoms with Crippen molar-refractivity contribution in [1.29, 1.82) is 0 Å². The second-order valence-corrected chi connectivity index (χ2v) is 6.41. The summed E-state index contributed by atoms with van der Waals surface area (Å²) < 4.78 is 0. The van der Waals surface area contributed by atoms with E-state index in [0.29, 0.717) is 6.42 Å². The lowest BCUT2D eigenvalue weighted by atomic mass is 9.77. The highest BCUT2D eigenvalue weighted by Gasteiger charge is 2.46. The zero-order valence-corrected chi connectivity index (χ0v) is 12.5. The van der Waals surface area contributed by atoms with Crippen molar-refractivity contribution in [2.24, 2.45) is 5.92 Å². The quantitative estimate of drug-likeness (QED) is 0.796. The van der Waals surface area contributed by atoms with Gasteiger partial charge in [0.05, 0.1) is 0 Å². The molecule has 1 fully saturated rings. The van der Waals surface area contributed by atoms with E-state index in [-0.39, 0.29) is 17.6 Å². The molecule has 0 radical (unpaired) electrons. The minimum absolute atomic E-state index is 0.0721. The predicted octanol–water partition coefficient (Wildman–Crippen LogP) is 2.50. The van der Waals surface area contributed by atoms with Crippen molar-refractivity contribution in [1.82, 2.24) is 0 Å². The standard InChI is InChI=1S/C17H23O3/c1-4-5-13-8-14-9-15(17(3)11(2)19-20-17)7-6-12(14)10-16(13)18/h6-7,9,11,13,16H,4-5,8,10H2,1-3H3/q-1. The summed E-state index contributed by atoms with van der Waals surface area (Å²) in [4.78, 5) is 10.4. The van der Waals surface area contributed by atoms with Gasteiger partial charge in [0.1, 0.15) is 6.10 Å². The van der Waals surface area contributed by atoms with E-state index in [1.165, 1.54) is 11.1 Å². The van der Waals surface area contributed by atoms with Crippen LogP contribution in [0.2, 0.25) is 0 Å². The van der Waals surface area contributed by atoms with Gasteiger partial charge in [0.2, 0.25) is 0 Å². The second kappa shape index (κ2) is 5.14. The molecule has 3 rings (SSSR count). The van der Waals surface area contributed by atoms with Gasteiger partial charge in [-0.3, -0.25) is 0 Å². The molecule has 1 aromatic rings. The fraction of sp³-hybridized carbons (Fsp3) is 0.647. The summed E-state index contributed by atoms with van der Waals surface area (Å²) in [6.07, 6.45) is 3.34. The van der Waals surface area contributed by atoms with Crippen LogP contribution in [0.1, 0.15) is 50.3 Å². The molecule has 0 bridgehead atoms. The molecule has 0 aromatic heterocycles. The van der Waals surface area contributed by atoms with Gasteiger partial charge in [-0.2, -0.15) is 0 Å². The Balaban J connectivity index is 1.88. The van der Waals surface area contributed by atoms with Crippen molar-refractivity contribution in [3.05, 3.63) is 34.9 Å². The van der Waals surface area contributed by atoms with E-state index in [2.05, 4.69) is 32.0 Å². The van der Waals surface area contributed by atoms with Crippen molar-refractivity contribution in [3.63, 3.8) is 0 Å². The van der Waals surface area contributed by atoms with Crippen LogP contribution in [-0.4, -0.2) is 12.2 Å². The number of hydrogen-bond acceptors (Lipinski definition) is 3. The number of rotatable bonds is 3. The zero-order valence-electron chi connectivity index (χ0n) is 12.5. The zero-order chi connectivity index (χ0) is 14.3. The molecule has 4 unspecified atom stereocenters. The van der Waals surface area contributed by atoms with E-state index < -0.39 is 6.10 Å². The summed E-state index contributed by atoms with van der Waals surface area (Å²) in [6, 6.07) is 6.42. The van der Waals surface area contributed by atoms with E-state index in [1.807, 2.05) is 6.92 Å². The average molecular weight is 275 g/mol. The van der Waals surface area contributed by atoms with Gasteiger partial charge in [0.25, 0.3) is 0 Å². The average Bonchev–Trinajstić information content (AvgIpc) is 2.45. The lowest BCUT2D eigenvalue weighted by Gasteiger charge is -2.44. The van der Waals surface area contributed by atoms with E-state index in [9.17, 15) is 5.11 Å². The van der Waals surface area contributed by atoms with Gasteiger partial charge in [-0.15, -0.1) is 6.10 Å². The first kappa shape index (κ1) is 14.1. The molecule has 1 aliphatic heterocycles. The van der Waals surface area contributed by atoms with Gasteiger partial charge >= 0.3 is 0 Å². The number of fused-ring (bicyclic) bond motifs is 1. The first-order chi connectivity index (χ1) is 9.54. The monoisotopic (exact) mass is 275 g/mol. The number of hydrogen-bond donors (Lipinski definition) is 0. The highest BCUT2D eigenvalue weighted by Crippen LogP contribution is 2.41. The van der Waals surface area contributed by atoms with Crippen LogP contribution in [0.25, 0.3) is 0 Å². The largest absolute Gasteiger partial charge is 0.852 e. The van der Waals surface area contributed by atoms with Gasteiger partial charge < -0.3 is 5.11 Å². The van der Waals surface area contributed by atoms with Crippen LogP contribution in [0, 0.1) is 5.92 Å². The van der Waals surface area contributed by atoms with Gasteiger partial charge in [0.15, 0.2) is 5.60 Å². The van der Waals surface area contributed by atoms with Crippen molar-refractivity contribution in [2.75, 3.05) is 0 Å². The van der Waals surface area contributed by atoms with Gasteiger partial charge in [0, 0.05) is 0 Å². The maximum Gasteiger partial charge on any atom is 0.154 e. The molecule has 1 aromatic carbocycles. The van der Waals surface area contributed by atoms with Crippen LogP contribution in [0.3, 0.4) is 0 Å². The Bertz CT molecular complexity index is 499. The highest BCUT2D eigenvalue weighted by atomic mass is 17.3. The topological polar surface area (TPSA) is 41.5 Å². The van der Waals surface area contributed by atoms with E-state index >= 15 is 0 Å². The number of benzene rings is 1. The van der Waals surface area contributed by atoms with Gasteiger partial charge in [-0.1, -0.05) is 38.0 Å². The molecule has 20 heavy (non-hydrogen) atoms. The first-order valence-electron chi connectivity index (χ1n) is 7.67. The first-order valence-corrected chi connectivity index (χ1v) is 7.67. The molecule has 110 valence electrons. The maximum absolute atomic E-state index is 12.2. The van der Waals surface area contributed by atoms with Crippen LogP contribution in [-0.2, 0) is 28.2 Å². The fourth-order valence-electron chi connectivity index (χ4n) is 3.35. The summed E-state index contributed by atoms with van der Waals surface area (Å²) in [5.74, 6) is 0.284. The molecule has 1 saturated heterocycles. The van der Waals surface area contributed by atoms with Crippen LogP contribution >= 0.6 is 0 Å². The van der Waals surface area contributed by atoms with Crippen molar-refractivity contribution < 1.29 is 14.9 Å². The Morgan fingerprint density at radius 1 is 1.30 bits per heavy atom. The van der Waals surface area contributed by atoms with E-state index in [4.69, 9.17) is 9.78 Å². The molecule has 1 heterocycles. The molecule has 0 spiro atoms. The SMILES string of the molecule is CCCC1Cc2cc(C3(C)OOC3C)ccc2CC1[O-]. The second-order valence-electron chi connectivity index (χ2n) is 6.41. The molecule has 3 nitrogen and oxygen atoms in total. The third-order valence-corrected chi connectivity index (χ3v) is 5.01. The van der Waals surface area contributed by atoms with Gasteiger partial charge in [-0.25, -0.2) is 9.78 Å². The Labute approximate surface area is 120 Å². The predicted molar refractivity (Wildman–Crippen MR) is 75.0 cm³/mol. The Hall–Kier alpha value is -0.900. The van der Waals surface area contributed by atoms with E-state index in [0.717, 1.165) is 24.8 Å². The minimum Gasteiger partial charge on any atom is -0.852 e. The third-order valence-electron chi connectivity index (χ3n) is 5.01. The molecule has 2 aliphatic rings.